The van der Waals surface area contributed by atoms with Crippen molar-refractivity contribution in [1.29, 1.82) is 0 Å². The van der Waals surface area contributed by atoms with Gasteiger partial charge in [-0.1, -0.05) is 66.1 Å². The molecule has 144 valence electrons. The van der Waals surface area contributed by atoms with Gasteiger partial charge in [-0.2, -0.15) is 0 Å². The van der Waals surface area contributed by atoms with Gasteiger partial charge in [0, 0.05) is 5.92 Å². The smallest absolute Gasteiger partial charge is 0.407 e. The Kier molecular flexibility index (Phi) is 5.32. The fourth-order valence-corrected chi connectivity index (χ4v) is 3.48. The molecule has 2 aromatic carbocycles. The molecule has 7 heteroatoms. The quantitative estimate of drug-likeness (QED) is 0.651. The van der Waals surface area contributed by atoms with Crippen molar-refractivity contribution in [2.45, 2.75) is 5.92 Å². The maximum Gasteiger partial charge on any atom is 0.407 e. The van der Waals surface area contributed by atoms with E-state index in [1.807, 2.05) is 24.3 Å². The van der Waals surface area contributed by atoms with Crippen LogP contribution in [-0.4, -0.2) is 29.2 Å². The third-order valence-electron chi connectivity index (χ3n) is 4.64. The molecule has 1 aromatic heterocycles. The van der Waals surface area contributed by atoms with Gasteiger partial charge in [0.25, 0.3) is 0 Å². The van der Waals surface area contributed by atoms with Gasteiger partial charge in [0.2, 0.25) is 0 Å². The SMILES string of the molecule is Nc1ncc(C#CCNC(=O)OCC2c3ccccc3-c3ccccc32)nc1Cl. The number of halogens is 1. The van der Waals surface area contributed by atoms with Gasteiger partial charge in [-0.15, -0.1) is 0 Å². The maximum atomic E-state index is 12.1. The first-order valence-corrected chi connectivity index (χ1v) is 9.37. The van der Waals surface area contributed by atoms with Crippen molar-refractivity contribution in [3.05, 3.63) is 76.7 Å². The molecule has 6 nitrogen and oxygen atoms in total. The van der Waals surface area contributed by atoms with Gasteiger partial charge in [-0.05, 0) is 28.2 Å². The summed E-state index contributed by atoms with van der Waals surface area (Å²) in [6.45, 7) is 0.368. The Balaban J connectivity index is 1.35. The van der Waals surface area contributed by atoms with Gasteiger partial charge in [0.1, 0.15) is 12.3 Å². The summed E-state index contributed by atoms with van der Waals surface area (Å²) in [6.07, 6.45) is 0.893. The predicted octanol–water partition coefficient (Wildman–Crippen LogP) is 3.60. The van der Waals surface area contributed by atoms with E-state index in [0.29, 0.717) is 5.69 Å². The fraction of sp³-hybridized carbons (Fsp3) is 0.136. The Morgan fingerprint density at radius 3 is 2.45 bits per heavy atom. The lowest BCUT2D eigenvalue weighted by Crippen LogP contribution is -2.26. The summed E-state index contributed by atoms with van der Waals surface area (Å²) in [4.78, 5) is 19.9. The van der Waals surface area contributed by atoms with Gasteiger partial charge in [0.15, 0.2) is 11.0 Å². The average Bonchev–Trinajstić information content (AvgIpc) is 3.06. The molecular formula is C22H17ClN4O2. The first-order valence-electron chi connectivity index (χ1n) is 8.99. The van der Waals surface area contributed by atoms with Crippen molar-refractivity contribution >= 4 is 23.5 Å². The van der Waals surface area contributed by atoms with Crippen LogP contribution in [0.4, 0.5) is 10.6 Å². The van der Waals surface area contributed by atoms with Crippen molar-refractivity contribution in [1.82, 2.24) is 15.3 Å². The number of alkyl carbamates (subject to hydrolysis) is 1. The number of nitrogens with zero attached hydrogens (tertiary/aromatic N) is 2. The highest BCUT2D eigenvalue weighted by atomic mass is 35.5. The molecule has 1 aliphatic carbocycles. The highest BCUT2D eigenvalue weighted by molar-refractivity contribution is 6.31. The highest BCUT2D eigenvalue weighted by Gasteiger charge is 2.28. The summed E-state index contributed by atoms with van der Waals surface area (Å²) in [5, 5.41) is 2.71. The summed E-state index contributed by atoms with van der Waals surface area (Å²) in [6, 6.07) is 16.4. The van der Waals surface area contributed by atoms with Gasteiger partial charge in [-0.3, -0.25) is 0 Å². The number of carbonyl (C=O) groups excluding carboxylic acids is 1. The molecule has 3 aromatic rings. The van der Waals surface area contributed by atoms with Gasteiger partial charge in [-0.25, -0.2) is 14.8 Å². The van der Waals surface area contributed by atoms with Crippen LogP contribution >= 0.6 is 11.6 Å². The predicted molar refractivity (Wildman–Crippen MR) is 111 cm³/mol. The lowest BCUT2D eigenvalue weighted by molar-refractivity contribution is 0.144. The summed E-state index contributed by atoms with van der Waals surface area (Å²) < 4.78 is 5.44. The monoisotopic (exact) mass is 404 g/mol. The number of rotatable bonds is 3. The van der Waals surface area contributed by atoms with Gasteiger partial charge >= 0.3 is 6.09 Å². The minimum absolute atomic E-state index is 0.0198. The Labute approximate surface area is 173 Å². The number of aromatic nitrogens is 2. The minimum Gasteiger partial charge on any atom is -0.449 e. The van der Waals surface area contributed by atoms with Crippen LogP contribution in [0.3, 0.4) is 0 Å². The molecule has 3 N–H and O–H groups in total. The second-order valence-electron chi connectivity index (χ2n) is 6.41. The molecule has 0 spiro atoms. The summed E-state index contributed by atoms with van der Waals surface area (Å²) >= 11 is 5.80. The van der Waals surface area contributed by atoms with E-state index >= 15 is 0 Å². The van der Waals surface area contributed by atoms with Crippen molar-refractivity contribution < 1.29 is 9.53 Å². The Bertz CT molecular complexity index is 1090. The second-order valence-corrected chi connectivity index (χ2v) is 6.77. The van der Waals surface area contributed by atoms with Crippen molar-refractivity contribution in [2.24, 2.45) is 0 Å². The zero-order valence-electron chi connectivity index (χ0n) is 15.4. The number of nitrogens with one attached hydrogen (secondary N) is 1. The summed E-state index contributed by atoms with van der Waals surface area (Å²) in [5.74, 6) is 5.70. The van der Waals surface area contributed by atoms with Crippen LogP contribution < -0.4 is 11.1 Å². The van der Waals surface area contributed by atoms with Gasteiger partial charge in [0.05, 0.1) is 12.7 Å². The molecule has 0 unspecified atom stereocenters. The van der Waals surface area contributed by atoms with Crippen LogP contribution in [-0.2, 0) is 4.74 Å². The molecule has 1 heterocycles. The number of anilines is 1. The van der Waals surface area contributed by atoms with E-state index < -0.39 is 6.09 Å². The molecule has 0 saturated heterocycles. The standard InChI is InChI=1S/C22H17ClN4O2/c23-20-21(24)26-12-14(27-20)6-5-11-25-22(28)29-13-19-17-9-3-1-7-15(17)16-8-2-4-10-18(16)19/h1-4,7-10,12,19H,11,13H2,(H2,24,26)(H,25,28). The maximum absolute atomic E-state index is 12.1. The number of nitrogens with two attached hydrogens (primary N) is 1. The molecule has 1 aliphatic rings. The largest absolute Gasteiger partial charge is 0.449 e. The van der Waals surface area contributed by atoms with Crippen molar-refractivity contribution in [3.8, 4) is 23.0 Å². The van der Waals surface area contributed by atoms with E-state index in [9.17, 15) is 4.79 Å². The van der Waals surface area contributed by atoms with E-state index in [4.69, 9.17) is 22.1 Å². The third kappa shape index (κ3) is 4.00. The zero-order valence-corrected chi connectivity index (χ0v) is 16.1. The van der Waals surface area contributed by atoms with Crippen molar-refractivity contribution in [3.63, 3.8) is 0 Å². The molecule has 0 bridgehead atoms. The van der Waals surface area contributed by atoms with E-state index in [1.165, 1.54) is 28.5 Å². The Hall–Kier alpha value is -3.56. The van der Waals surface area contributed by atoms with Crippen LogP contribution in [0.1, 0.15) is 22.7 Å². The molecule has 0 aliphatic heterocycles. The van der Waals surface area contributed by atoms with Crippen LogP contribution in [0, 0.1) is 11.8 Å². The number of amides is 1. The number of benzene rings is 2. The number of hydrogen-bond acceptors (Lipinski definition) is 5. The third-order valence-corrected chi connectivity index (χ3v) is 4.92. The first kappa shape index (κ1) is 18.8. The Morgan fingerprint density at radius 2 is 1.79 bits per heavy atom. The molecule has 29 heavy (non-hydrogen) atoms. The Morgan fingerprint density at radius 1 is 1.14 bits per heavy atom. The number of fused-ring (bicyclic) bond motifs is 3. The number of hydrogen-bond donors (Lipinski definition) is 2. The number of nitrogen functional groups attached to an aromatic ring is 1. The molecule has 0 radical (unpaired) electrons. The minimum atomic E-state index is -0.525. The van der Waals surface area contributed by atoms with E-state index in [2.05, 4.69) is 51.4 Å². The van der Waals surface area contributed by atoms with Gasteiger partial charge < -0.3 is 15.8 Å². The average molecular weight is 405 g/mol. The lowest BCUT2D eigenvalue weighted by atomic mass is 9.98. The van der Waals surface area contributed by atoms with Crippen LogP contribution in [0.2, 0.25) is 5.15 Å². The van der Waals surface area contributed by atoms with E-state index in [-0.39, 0.29) is 30.0 Å². The summed E-state index contributed by atoms with van der Waals surface area (Å²) in [5.41, 5.74) is 10.6. The second kappa shape index (κ2) is 8.21. The molecular weight excluding hydrogens is 388 g/mol. The number of ether oxygens (including phenoxy) is 1. The van der Waals surface area contributed by atoms with Crippen LogP contribution in [0.25, 0.3) is 11.1 Å². The van der Waals surface area contributed by atoms with E-state index in [1.54, 1.807) is 0 Å². The zero-order chi connectivity index (χ0) is 20.2. The molecule has 0 fully saturated rings. The topological polar surface area (TPSA) is 90.1 Å². The molecule has 1 amide bonds. The first-order chi connectivity index (χ1) is 14.1. The molecule has 0 atom stereocenters. The molecule has 0 saturated carbocycles. The fourth-order valence-electron chi connectivity index (χ4n) is 3.34. The summed E-state index contributed by atoms with van der Waals surface area (Å²) in [7, 11) is 0. The van der Waals surface area contributed by atoms with Crippen molar-refractivity contribution in [2.75, 3.05) is 18.9 Å². The number of carbonyl (C=O) groups is 1. The van der Waals surface area contributed by atoms with Crippen LogP contribution in [0.15, 0.2) is 54.7 Å². The molecule has 4 rings (SSSR count). The van der Waals surface area contributed by atoms with E-state index in [0.717, 1.165) is 0 Å². The lowest BCUT2D eigenvalue weighted by Gasteiger charge is -2.14. The highest BCUT2D eigenvalue weighted by Crippen LogP contribution is 2.44. The normalized spacial score (nSPS) is 11.8. The van der Waals surface area contributed by atoms with Crippen LogP contribution in [0.5, 0.6) is 0 Å².